The largest absolute Gasteiger partial charge is 0.349 e. The van der Waals surface area contributed by atoms with E-state index in [1.165, 1.54) is 0 Å². The number of aromatic nitrogens is 2. The average Bonchev–Trinajstić information content (AvgIpc) is 2.70. The van der Waals surface area contributed by atoms with Gasteiger partial charge in [0.05, 0.1) is 17.1 Å². The highest BCUT2D eigenvalue weighted by atomic mass is 16.1. The normalized spacial score (nSPS) is 12.3. The van der Waals surface area contributed by atoms with E-state index in [0.29, 0.717) is 13.0 Å². The predicted molar refractivity (Wildman–Crippen MR) is 67.5 cm³/mol. The van der Waals surface area contributed by atoms with Gasteiger partial charge in [-0.25, -0.2) is 4.98 Å². The van der Waals surface area contributed by atoms with Crippen LogP contribution < -0.4 is 5.32 Å². The number of nitrogens with zero attached hydrogens (tertiary/aromatic N) is 2. The Kier molecular flexibility index (Phi) is 3.23. The topological polar surface area (TPSA) is 46.9 Å². The number of para-hydroxylation sites is 2. The number of nitrogens with one attached hydrogen (secondary N) is 1. The lowest BCUT2D eigenvalue weighted by molar-refractivity contribution is -0.110. The lowest BCUT2D eigenvalue weighted by atomic mass is 10.3. The van der Waals surface area contributed by atoms with Crippen molar-refractivity contribution in [2.24, 2.45) is 0 Å². The monoisotopic (exact) mass is 229 g/mol. The van der Waals surface area contributed by atoms with Gasteiger partial charge in [-0.2, -0.15) is 0 Å². The van der Waals surface area contributed by atoms with Crippen LogP contribution in [0.3, 0.4) is 0 Å². The molecule has 0 saturated carbocycles. The van der Waals surface area contributed by atoms with E-state index in [9.17, 15) is 4.79 Å². The third kappa shape index (κ3) is 2.06. The molecule has 1 aromatic heterocycles. The number of hydrogen-bond donors (Lipinski definition) is 1. The van der Waals surface area contributed by atoms with E-state index >= 15 is 0 Å². The molecule has 0 radical (unpaired) electrons. The fourth-order valence-electron chi connectivity index (χ4n) is 1.92. The SMILES string of the molecule is C=CCn1c(C(C)NC=O)nc2ccccc21. The van der Waals surface area contributed by atoms with Gasteiger partial charge in [0.25, 0.3) is 0 Å². The van der Waals surface area contributed by atoms with E-state index in [2.05, 4.69) is 21.4 Å². The smallest absolute Gasteiger partial charge is 0.207 e. The van der Waals surface area contributed by atoms with E-state index in [1.807, 2.05) is 37.3 Å². The Morgan fingerprint density at radius 1 is 1.53 bits per heavy atom. The molecule has 1 atom stereocenters. The van der Waals surface area contributed by atoms with Crippen LogP contribution in [0, 0.1) is 0 Å². The third-order valence-corrected chi connectivity index (χ3v) is 2.70. The van der Waals surface area contributed by atoms with Crippen LogP contribution in [-0.2, 0) is 11.3 Å². The van der Waals surface area contributed by atoms with Crippen LogP contribution in [0.2, 0.25) is 0 Å². The lowest BCUT2D eigenvalue weighted by Gasteiger charge is -2.12. The minimum atomic E-state index is -0.111. The first-order valence-electron chi connectivity index (χ1n) is 5.53. The molecule has 1 N–H and O–H groups in total. The zero-order valence-corrected chi connectivity index (χ0v) is 9.76. The summed E-state index contributed by atoms with van der Waals surface area (Å²) in [4.78, 5) is 15.0. The zero-order valence-electron chi connectivity index (χ0n) is 9.76. The summed E-state index contributed by atoms with van der Waals surface area (Å²) in [5, 5.41) is 2.72. The van der Waals surface area contributed by atoms with E-state index in [-0.39, 0.29) is 6.04 Å². The average molecular weight is 229 g/mol. The van der Waals surface area contributed by atoms with Crippen LogP contribution >= 0.6 is 0 Å². The molecule has 2 rings (SSSR count). The molecular weight excluding hydrogens is 214 g/mol. The summed E-state index contributed by atoms with van der Waals surface area (Å²) in [6.07, 6.45) is 2.52. The maximum atomic E-state index is 10.5. The molecular formula is C13H15N3O. The number of carbonyl (C=O) groups is 1. The number of carbonyl (C=O) groups excluding carboxylic acids is 1. The Morgan fingerprint density at radius 3 is 3.00 bits per heavy atom. The molecule has 2 aromatic rings. The molecule has 1 unspecified atom stereocenters. The number of rotatable bonds is 5. The molecule has 0 saturated heterocycles. The number of fused-ring (bicyclic) bond motifs is 1. The Labute approximate surface area is 100.0 Å². The molecule has 0 spiro atoms. The van der Waals surface area contributed by atoms with Gasteiger partial charge in [0.1, 0.15) is 5.82 Å². The van der Waals surface area contributed by atoms with Gasteiger partial charge in [0.2, 0.25) is 6.41 Å². The van der Waals surface area contributed by atoms with E-state index < -0.39 is 0 Å². The number of allylic oxidation sites excluding steroid dienone is 1. The van der Waals surface area contributed by atoms with Crippen LogP contribution in [0.1, 0.15) is 18.8 Å². The van der Waals surface area contributed by atoms with Crippen molar-refractivity contribution < 1.29 is 4.79 Å². The minimum Gasteiger partial charge on any atom is -0.349 e. The fraction of sp³-hybridized carbons (Fsp3) is 0.231. The first-order valence-corrected chi connectivity index (χ1v) is 5.53. The summed E-state index contributed by atoms with van der Waals surface area (Å²) in [6, 6.07) is 7.80. The van der Waals surface area contributed by atoms with Crippen molar-refractivity contribution in [1.29, 1.82) is 0 Å². The molecule has 88 valence electrons. The summed E-state index contributed by atoms with van der Waals surface area (Å²) in [5.41, 5.74) is 1.99. The molecule has 1 heterocycles. The predicted octanol–water partition coefficient (Wildman–Crippen LogP) is 2.03. The van der Waals surface area contributed by atoms with Crippen molar-refractivity contribution in [1.82, 2.24) is 14.9 Å². The van der Waals surface area contributed by atoms with Gasteiger partial charge in [-0.1, -0.05) is 18.2 Å². The summed E-state index contributed by atoms with van der Waals surface area (Å²) in [6.45, 7) is 6.34. The molecule has 4 nitrogen and oxygen atoms in total. The van der Waals surface area contributed by atoms with Gasteiger partial charge in [0, 0.05) is 6.54 Å². The Balaban J connectivity index is 2.56. The van der Waals surface area contributed by atoms with Crippen molar-refractivity contribution in [3.8, 4) is 0 Å². The van der Waals surface area contributed by atoms with Crippen LogP contribution in [0.25, 0.3) is 11.0 Å². The number of benzene rings is 1. The highest BCUT2D eigenvalue weighted by molar-refractivity contribution is 5.76. The Bertz CT molecular complexity index is 545. The standard InChI is InChI=1S/C13H15N3O/c1-3-8-16-12-7-5-4-6-11(12)15-13(16)10(2)14-9-17/h3-7,9-10H,1,8H2,2H3,(H,14,17). The highest BCUT2D eigenvalue weighted by Gasteiger charge is 2.14. The van der Waals surface area contributed by atoms with E-state index in [4.69, 9.17) is 0 Å². The van der Waals surface area contributed by atoms with Gasteiger partial charge in [0.15, 0.2) is 0 Å². The maximum absolute atomic E-state index is 10.5. The van der Waals surface area contributed by atoms with Crippen molar-refractivity contribution in [2.45, 2.75) is 19.5 Å². The third-order valence-electron chi connectivity index (χ3n) is 2.70. The summed E-state index contributed by atoms with van der Waals surface area (Å²) in [5.74, 6) is 0.846. The lowest BCUT2D eigenvalue weighted by Crippen LogP contribution is -2.20. The van der Waals surface area contributed by atoms with Crippen LogP contribution in [-0.4, -0.2) is 16.0 Å². The van der Waals surface area contributed by atoms with E-state index in [0.717, 1.165) is 16.9 Å². The maximum Gasteiger partial charge on any atom is 0.207 e. The van der Waals surface area contributed by atoms with Crippen LogP contribution in [0.4, 0.5) is 0 Å². The van der Waals surface area contributed by atoms with Crippen molar-refractivity contribution in [3.05, 3.63) is 42.7 Å². The fourth-order valence-corrected chi connectivity index (χ4v) is 1.92. The van der Waals surface area contributed by atoms with Gasteiger partial charge >= 0.3 is 0 Å². The minimum absolute atomic E-state index is 0.111. The second kappa shape index (κ2) is 4.82. The van der Waals surface area contributed by atoms with Crippen LogP contribution in [0.5, 0.6) is 0 Å². The van der Waals surface area contributed by atoms with Crippen molar-refractivity contribution >= 4 is 17.4 Å². The van der Waals surface area contributed by atoms with Gasteiger partial charge in [-0.15, -0.1) is 6.58 Å². The molecule has 0 fully saturated rings. The molecule has 0 aliphatic rings. The van der Waals surface area contributed by atoms with Crippen molar-refractivity contribution in [2.75, 3.05) is 0 Å². The van der Waals surface area contributed by atoms with E-state index in [1.54, 1.807) is 0 Å². The van der Waals surface area contributed by atoms with Gasteiger partial charge in [-0.3, -0.25) is 4.79 Å². The second-order valence-electron chi connectivity index (χ2n) is 3.86. The quantitative estimate of drug-likeness (QED) is 0.630. The summed E-state index contributed by atoms with van der Waals surface area (Å²) >= 11 is 0. The van der Waals surface area contributed by atoms with Gasteiger partial charge in [-0.05, 0) is 19.1 Å². The number of imidazole rings is 1. The number of hydrogen-bond acceptors (Lipinski definition) is 2. The van der Waals surface area contributed by atoms with Crippen LogP contribution in [0.15, 0.2) is 36.9 Å². The summed E-state index contributed by atoms with van der Waals surface area (Å²) in [7, 11) is 0. The molecule has 1 aromatic carbocycles. The first-order chi connectivity index (χ1) is 8.27. The second-order valence-corrected chi connectivity index (χ2v) is 3.86. The molecule has 4 heteroatoms. The molecule has 0 bridgehead atoms. The molecule has 17 heavy (non-hydrogen) atoms. The number of amides is 1. The van der Waals surface area contributed by atoms with Gasteiger partial charge < -0.3 is 9.88 Å². The Morgan fingerprint density at radius 2 is 2.29 bits per heavy atom. The highest BCUT2D eigenvalue weighted by Crippen LogP contribution is 2.20. The summed E-state index contributed by atoms with van der Waals surface area (Å²) < 4.78 is 2.06. The first kappa shape index (κ1) is 11.4. The molecule has 0 aliphatic heterocycles. The molecule has 1 amide bonds. The Hall–Kier alpha value is -2.10. The molecule has 0 aliphatic carbocycles. The zero-order chi connectivity index (χ0) is 12.3. The van der Waals surface area contributed by atoms with Crippen molar-refractivity contribution in [3.63, 3.8) is 0 Å².